The van der Waals surface area contributed by atoms with Crippen molar-refractivity contribution in [3.63, 3.8) is 0 Å². The monoisotopic (exact) mass is 430 g/mol. The fourth-order valence-corrected chi connectivity index (χ4v) is 4.99. The highest BCUT2D eigenvalue weighted by Gasteiger charge is 2.34. The van der Waals surface area contributed by atoms with Crippen LogP contribution in [0.1, 0.15) is 19.4 Å². The Labute approximate surface area is 175 Å². The Hall–Kier alpha value is -2.71. The van der Waals surface area contributed by atoms with Crippen molar-refractivity contribution in [1.82, 2.24) is 4.98 Å². The number of hydrogen-bond acceptors (Lipinski definition) is 6. The van der Waals surface area contributed by atoms with Crippen molar-refractivity contribution >= 4 is 15.7 Å². The molecule has 1 aromatic heterocycles. The zero-order valence-corrected chi connectivity index (χ0v) is 17.8. The normalized spacial score (nSPS) is 19.8. The summed E-state index contributed by atoms with van der Waals surface area (Å²) in [5.74, 6) is -0.0964. The molecule has 1 aliphatic rings. The van der Waals surface area contributed by atoms with Crippen molar-refractivity contribution in [1.29, 1.82) is 0 Å². The van der Waals surface area contributed by atoms with Gasteiger partial charge in [-0.1, -0.05) is 18.2 Å². The maximum atomic E-state index is 13.4. The fourth-order valence-electron chi connectivity index (χ4n) is 3.67. The van der Waals surface area contributed by atoms with E-state index in [4.69, 9.17) is 9.15 Å². The number of morpholine rings is 1. The van der Waals surface area contributed by atoms with Crippen molar-refractivity contribution in [2.24, 2.45) is 0 Å². The van der Waals surface area contributed by atoms with Gasteiger partial charge in [-0.2, -0.15) is 4.98 Å². The lowest BCUT2D eigenvalue weighted by atomic mass is 10.1. The predicted molar refractivity (Wildman–Crippen MR) is 111 cm³/mol. The van der Waals surface area contributed by atoms with Gasteiger partial charge in [-0.05, 0) is 56.7 Å². The number of nitrogens with zero attached hydrogens (tertiary/aromatic N) is 2. The zero-order valence-electron chi connectivity index (χ0n) is 17.0. The van der Waals surface area contributed by atoms with E-state index in [0.29, 0.717) is 18.7 Å². The first-order chi connectivity index (χ1) is 14.3. The molecule has 2 heterocycles. The molecule has 0 spiro atoms. The molecule has 1 aliphatic heterocycles. The van der Waals surface area contributed by atoms with Crippen LogP contribution in [0.25, 0.3) is 11.5 Å². The van der Waals surface area contributed by atoms with Crippen LogP contribution in [-0.4, -0.2) is 38.7 Å². The molecular formula is C22H23FN2O4S. The molecule has 2 atom stereocenters. The number of oxazole rings is 1. The molecule has 30 heavy (non-hydrogen) atoms. The SMILES string of the molecule is Cc1ccccc1-c1nc(S(=O)(=O)c2ccc(F)cc2)c(N2C[C@H](C)O[C@@H](C)C2)o1. The van der Waals surface area contributed by atoms with Crippen LogP contribution in [0.4, 0.5) is 10.3 Å². The van der Waals surface area contributed by atoms with Gasteiger partial charge >= 0.3 is 0 Å². The predicted octanol–water partition coefficient (Wildman–Crippen LogP) is 4.24. The van der Waals surface area contributed by atoms with E-state index >= 15 is 0 Å². The second-order valence-corrected chi connectivity index (χ2v) is 9.43. The molecular weight excluding hydrogens is 407 g/mol. The highest BCUT2D eigenvalue weighted by molar-refractivity contribution is 7.91. The van der Waals surface area contributed by atoms with E-state index in [1.165, 1.54) is 12.1 Å². The van der Waals surface area contributed by atoms with Gasteiger partial charge in [-0.25, -0.2) is 12.8 Å². The number of sulfone groups is 1. The van der Waals surface area contributed by atoms with Gasteiger partial charge in [0.2, 0.25) is 26.6 Å². The molecule has 0 unspecified atom stereocenters. The summed E-state index contributed by atoms with van der Waals surface area (Å²) in [4.78, 5) is 6.22. The number of ether oxygens (including phenoxy) is 1. The molecule has 0 aliphatic carbocycles. The summed E-state index contributed by atoms with van der Waals surface area (Å²) >= 11 is 0. The first-order valence-corrected chi connectivity index (χ1v) is 11.2. The van der Waals surface area contributed by atoms with Crippen molar-refractivity contribution in [2.75, 3.05) is 18.0 Å². The summed E-state index contributed by atoms with van der Waals surface area (Å²) in [6.07, 6.45) is -0.190. The smallest absolute Gasteiger partial charge is 0.236 e. The van der Waals surface area contributed by atoms with E-state index in [2.05, 4.69) is 4.98 Å². The van der Waals surface area contributed by atoms with E-state index in [1.807, 2.05) is 49.9 Å². The maximum absolute atomic E-state index is 13.4. The quantitative estimate of drug-likeness (QED) is 0.577. The average molecular weight is 431 g/mol. The Morgan fingerprint density at radius 1 is 1.03 bits per heavy atom. The van der Waals surface area contributed by atoms with Gasteiger partial charge in [0, 0.05) is 18.7 Å². The summed E-state index contributed by atoms with van der Waals surface area (Å²) < 4.78 is 52.0. The molecule has 0 bridgehead atoms. The Kier molecular flexibility index (Phi) is 5.38. The second kappa shape index (κ2) is 7.85. The minimum Gasteiger partial charge on any atom is -0.419 e. The van der Waals surface area contributed by atoms with E-state index in [1.54, 1.807) is 0 Å². The molecule has 3 aromatic rings. The first kappa shape index (κ1) is 20.6. The topological polar surface area (TPSA) is 72.6 Å². The number of rotatable bonds is 4. The summed E-state index contributed by atoms with van der Waals surface area (Å²) in [5.41, 5.74) is 1.63. The maximum Gasteiger partial charge on any atom is 0.236 e. The number of benzene rings is 2. The van der Waals surface area contributed by atoms with Crippen LogP contribution in [0.5, 0.6) is 0 Å². The van der Waals surface area contributed by atoms with Gasteiger partial charge in [0.05, 0.1) is 17.1 Å². The highest BCUT2D eigenvalue weighted by atomic mass is 32.2. The largest absolute Gasteiger partial charge is 0.419 e. The Morgan fingerprint density at radius 3 is 2.30 bits per heavy atom. The number of halogens is 1. The Balaban J connectivity index is 1.87. The molecule has 6 nitrogen and oxygen atoms in total. The minimum absolute atomic E-state index is 0.0378. The summed E-state index contributed by atoms with van der Waals surface area (Å²) in [6.45, 7) is 6.70. The standard InChI is InChI=1S/C22H23FN2O4S/c1-14-6-4-5-7-19(14)20-24-21(30(26,27)18-10-8-17(23)9-11-18)22(29-20)25-12-15(2)28-16(3)13-25/h4-11,15-16H,12-13H2,1-3H3/t15-,16-/m0/s1. The number of aromatic nitrogens is 1. The lowest BCUT2D eigenvalue weighted by molar-refractivity contribution is -0.00657. The van der Waals surface area contributed by atoms with Crippen LogP contribution in [0.15, 0.2) is 62.9 Å². The molecule has 0 amide bonds. The third-order valence-electron chi connectivity index (χ3n) is 5.04. The van der Waals surface area contributed by atoms with Crippen LogP contribution < -0.4 is 4.90 Å². The third-order valence-corrected chi connectivity index (χ3v) is 6.71. The molecule has 2 aromatic carbocycles. The number of aryl methyl sites for hydroxylation is 1. The van der Waals surface area contributed by atoms with E-state index in [-0.39, 0.29) is 33.9 Å². The lowest BCUT2D eigenvalue weighted by Crippen LogP contribution is -2.45. The number of anilines is 1. The summed E-state index contributed by atoms with van der Waals surface area (Å²) in [7, 11) is -4.02. The van der Waals surface area contributed by atoms with Gasteiger partial charge in [0.15, 0.2) is 0 Å². The molecule has 0 N–H and O–H groups in total. The molecule has 8 heteroatoms. The summed E-state index contributed by atoms with van der Waals surface area (Å²) in [5, 5.41) is -0.173. The number of hydrogen-bond donors (Lipinski definition) is 0. The van der Waals surface area contributed by atoms with Crippen LogP contribution >= 0.6 is 0 Å². The van der Waals surface area contributed by atoms with Crippen LogP contribution in [0, 0.1) is 12.7 Å². The molecule has 158 valence electrons. The van der Waals surface area contributed by atoms with Gasteiger partial charge < -0.3 is 14.1 Å². The summed E-state index contributed by atoms with van der Waals surface area (Å²) in [6, 6.07) is 12.2. The minimum atomic E-state index is -4.02. The van der Waals surface area contributed by atoms with Gasteiger partial charge in [0.1, 0.15) is 5.82 Å². The average Bonchev–Trinajstić information content (AvgIpc) is 3.14. The van der Waals surface area contributed by atoms with Crippen molar-refractivity contribution in [2.45, 2.75) is 42.9 Å². The molecule has 1 fully saturated rings. The molecule has 4 rings (SSSR count). The van der Waals surface area contributed by atoms with E-state index in [9.17, 15) is 12.8 Å². The molecule has 1 saturated heterocycles. The lowest BCUT2D eigenvalue weighted by Gasteiger charge is -2.35. The van der Waals surface area contributed by atoms with Gasteiger partial charge in [0.25, 0.3) is 0 Å². The van der Waals surface area contributed by atoms with E-state index < -0.39 is 15.7 Å². The Morgan fingerprint density at radius 2 is 1.67 bits per heavy atom. The highest BCUT2D eigenvalue weighted by Crippen LogP contribution is 2.36. The van der Waals surface area contributed by atoms with Crippen LogP contribution in [0.2, 0.25) is 0 Å². The van der Waals surface area contributed by atoms with Crippen molar-refractivity contribution < 1.29 is 22.0 Å². The second-order valence-electron chi connectivity index (χ2n) is 7.56. The van der Waals surface area contributed by atoms with Crippen LogP contribution in [-0.2, 0) is 14.6 Å². The van der Waals surface area contributed by atoms with Crippen molar-refractivity contribution in [3.05, 3.63) is 59.9 Å². The fraction of sp³-hybridized carbons (Fsp3) is 0.318. The third kappa shape index (κ3) is 3.85. The molecule has 0 saturated carbocycles. The van der Waals surface area contributed by atoms with Crippen LogP contribution in [0.3, 0.4) is 0 Å². The molecule has 0 radical (unpaired) electrons. The zero-order chi connectivity index (χ0) is 21.5. The van der Waals surface area contributed by atoms with Gasteiger partial charge in [-0.3, -0.25) is 0 Å². The van der Waals surface area contributed by atoms with Gasteiger partial charge in [-0.15, -0.1) is 0 Å². The van der Waals surface area contributed by atoms with E-state index in [0.717, 1.165) is 17.7 Å². The first-order valence-electron chi connectivity index (χ1n) is 9.73. The Bertz CT molecular complexity index is 1150. The van der Waals surface area contributed by atoms with Crippen molar-refractivity contribution in [3.8, 4) is 11.5 Å².